The molecule has 1 saturated carbocycles. The number of nitrogens with zero attached hydrogens (tertiary/aromatic N) is 4. The molecule has 1 atom stereocenters. The van der Waals surface area contributed by atoms with Crippen LogP contribution in [0.15, 0.2) is 23.0 Å². The van der Waals surface area contributed by atoms with Crippen molar-refractivity contribution in [3.63, 3.8) is 0 Å². The summed E-state index contributed by atoms with van der Waals surface area (Å²) in [6.45, 7) is -0.539. The summed E-state index contributed by atoms with van der Waals surface area (Å²) >= 11 is 0. The average molecular weight is 425 g/mol. The number of aromatic amines is 1. The molecule has 1 aromatic carbocycles. The molecule has 4 rings (SSSR count). The molecule has 11 heteroatoms. The molecule has 2 N–H and O–H groups in total. The molecule has 1 aliphatic carbocycles. The summed E-state index contributed by atoms with van der Waals surface area (Å²) in [4.78, 5) is 21.1. The second-order valence-corrected chi connectivity index (χ2v) is 7.55. The van der Waals surface area contributed by atoms with Crippen molar-refractivity contribution in [2.24, 2.45) is 5.92 Å². The van der Waals surface area contributed by atoms with Crippen molar-refractivity contribution in [2.45, 2.75) is 31.7 Å². The van der Waals surface area contributed by atoms with Crippen molar-refractivity contribution in [1.82, 2.24) is 19.7 Å². The lowest BCUT2D eigenvalue weighted by molar-refractivity contribution is -0.137. The number of hydrogen-bond donors (Lipinski definition) is 2. The van der Waals surface area contributed by atoms with Crippen LogP contribution in [0.1, 0.15) is 35.7 Å². The Morgan fingerprint density at radius 1 is 1.33 bits per heavy atom. The molecule has 1 aliphatic rings. The summed E-state index contributed by atoms with van der Waals surface area (Å²) in [5.41, 5.74) is -1.34. The van der Waals surface area contributed by atoms with Gasteiger partial charge in [-0.25, -0.2) is 9.07 Å². The molecule has 160 valence electrons. The standard InChI is InChI=1S/C19H19F4N5O2/c1-27(2)18-24-16-14(17(30)25-18)13(8-29)26-28(16)15(9-3-4-9)11-6-5-10(7-12(11)20)19(21,22)23/h5-7,9,15,29H,3-4,8H2,1-2H3,(H,24,25,30)/t15-/m1/s1. The van der Waals surface area contributed by atoms with Crippen LogP contribution in [0.25, 0.3) is 11.0 Å². The van der Waals surface area contributed by atoms with Crippen molar-refractivity contribution < 1.29 is 22.7 Å². The van der Waals surface area contributed by atoms with Crippen LogP contribution in [0.3, 0.4) is 0 Å². The van der Waals surface area contributed by atoms with Crippen LogP contribution in [-0.2, 0) is 12.8 Å². The Hall–Kier alpha value is -2.95. The Kier molecular flexibility index (Phi) is 4.80. The molecule has 0 bridgehead atoms. The van der Waals surface area contributed by atoms with E-state index in [4.69, 9.17) is 0 Å². The molecule has 7 nitrogen and oxygen atoms in total. The molecule has 0 saturated heterocycles. The zero-order valence-electron chi connectivity index (χ0n) is 16.2. The van der Waals surface area contributed by atoms with E-state index in [2.05, 4.69) is 15.1 Å². The molecular formula is C19H19F4N5O2. The highest BCUT2D eigenvalue weighted by Crippen LogP contribution is 2.45. The fourth-order valence-corrected chi connectivity index (χ4v) is 3.56. The predicted octanol–water partition coefficient (Wildman–Crippen LogP) is 2.84. The van der Waals surface area contributed by atoms with Gasteiger partial charge in [-0.15, -0.1) is 0 Å². The van der Waals surface area contributed by atoms with E-state index in [1.807, 2.05) is 0 Å². The summed E-state index contributed by atoms with van der Waals surface area (Å²) in [5, 5.41) is 14.0. The van der Waals surface area contributed by atoms with Crippen LogP contribution in [0.2, 0.25) is 0 Å². The van der Waals surface area contributed by atoms with Crippen LogP contribution >= 0.6 is 0 Å². The molecular weight excluding hydrogens is 406 g/mol. The van der Waals surface area contributed by atoms with Crippen LogP contribution in [0.5, 0.6) is 0 Å². The van der Waals surface area contributed by atoms with Crippen molar-refractivity contribution >= 4 is 17.0 Å². The molecule has 0 amide bonds. The third kappa shape index (κ3) is 3.42. The molecule has 1 fully saturated rings. The van der Waals surface area contributed by atoms with Crippen molar-refractivity contribution in [2.75, 3.05) is 19.0 Å². The average Bonchev–Trinajstić information content (AvgIpc) is 3.43. The van der Waals surface area contributed by atoms with Gasteiger partial charge in [0.1, 0.15) is 16.9 Å². The number of nitrogens with one attached hydrogen (secondary N) is 1. The minimum atomic E-state index is -4.66. The molecule has 0 unspecified atom stereocenters. The fraction of sp³-hybridized carbons (Fsp3) is 0.421. The minimum absolute atomic E-state index is 0.0351. The first kappa shape index (κ1) is 20.3. The number of halogens is 4. The summed E-state index contributed by atoms with van der Waals surface area (Å²) < 4.78 is 55.0. The molecule has 2 heterocycles. The van der Waals surface area contributed by atoms with Gasteiger partial charge in [0.15, 0.2) is 5.65 Å². The number of aliphatic hydroxyl groups excluding tert-OH is 1. The molecule has 0 aliphatic heterocycles. The molecule has 0 spiro atoms. The highest BCUT2D eigenvalue weighted by atomic mass is 19.4. The Morgan fingerprint density at radius 3 is 2.57 bits per heavy atom. The van der Waals surface area contributed by atoms with Crippen molar-refractivity contribution in [3.8, 4) is 0 Å². The van der Waals surface area contributed by atoms with Crippen molar-refractivity contribution in [3.05, 3.63) is 51.2 Å². The smallest absolute Gasteiger partial charge is 0.390 e. The number of fused-ring (bicyclic) bond motifs is 1. The van der Waals surface area contributed by atoms with Gasteiger partial charge in [0.2, 0.25) is 5.95 Å². The summed E-state index contributed by atoms with van der Waals surface area (Å²) in [7, 11) is 3.34. The van der Waals surface area contributed by atoms with Crippen LogP contribution in [-0.4, -0.2) is 39.0 Å². The van der Waals surface area contributed by atoms with Gasteiger partial charge in [-0.2, -0.15) is 23.3 Å². The second kappa shape index (κ2) is 7.08. The van der Waals surface area contributed by atoms with Crippen LogP contribution in [0.4, 0.5) is 23.5 Å². The maximum absolute atomic E-state index is 14.8. The highest BCUT2D eigenvalue weighted by Gasteiger charge is 2.39. The predicted molar refractivity (Wildman–Crippen MR) is 101 cm³/mol. The SMILES string of the molecule is CN(C)c1nc2c(c(CO)nn2[C@@H](c2ccc(C(F)(F)F)cc2F)C2CC2)c(=O)[nH]1. The summed E-state index contributed by atoms with van der Waals surface area (Å²) in [5.74, 6) is -0.844. The summed E-state index contributed by atoms with van der Waals surface area (Å²) in [6, 6.07) is 1.65. The number of anilines is 1. The number of alkyl halides is 3. The van der Waals surface area contributed by atoms with E-state index in [1.54, 1.807) is 19.0 Å². The van der Waals surface area contributed by atoms with E-state index in [0.717, 1.165) is 25.0 Å². The fourth-order valence-electron chi connectivity index (χ4n) is 3.56. The lowest BCUT2D eigenvalue weighted by Crippen LogP contribution is -2.21. The zero-order valence-corrected chi connectivity index (χ0v) is 16.2. The molecule has 3 aromatic rings. The Balaban J connectivity index is 1.94. The van der Waals surface area contributed by atoms with Crippen LogP contribution in [0, 0.1) is 11.7 Å². The number of aromatic nitrogens is 4. The topological polar surface area (TPSA) is 87.0 Å². The van der Waals surface area contributed by atoms with Crippen LogP contribution < -0.4 is 10.5 Å². The van der Waals surface area contributed by atoms with Gasteiger partial charge in [-0.1, -0.05) is 6.07 Å². The van der Waals surface area contributed by atoms with Gasteiger partial charge < -0.3 is 10.0 Å². The monoisotopic (exact) mass is 425 g/mol. The van der Waals surface area contributed by atoms with E-state index >= 15 is 0 Å². The van der Waals surface area contributed by atoms with E-state index in [0.29, 0.717) is 6.07 Å². The molecule has 2 aromatic heterocycles. The third-order valence-corrected chi connectivity index (χ3v) is 5.17. The number of rotatable bonds is 5. The van der Waals surface area contributed by atoms with Gasteiger partial charge in [0, 0.05) is 19.7 Å². The first-order valence-electron chi connectivity index (χ1n) is 9.28. The molecule has 0 radical (unpaired) electrons. The normalized spacial score (nSPS) is 15.6. The number of aliphatic hydroxyl groups is 1. The maximum Gasteiger partial charge on any atom is 0.416 e. The van der Waals surface area contributed by atoms with E-state index in [-0.39, 0.29) is 34.2 Å². The van der Waals surface area contributed by atoms with E-state index in [1.165, 1.54) is 4.68 Å². The molecule has 30 heavy (non-hydrogen) atoms. The first-order valence-corrected chi connectivity index (χ1v) is 9.28. The quantitative estimate of drug-likeness (QED) is 0.614. The number of benzene rings is 1. The number of hydrogen-bond acceptors (Lipinski definition) is 5. The third-order valence-electron chi connectivity index (χ3n) is 5.17. The zero-order chi connectivity index (χ0) is 21.8. The minimum Gasteiger partial charge on any atom is -0.390 e. The highest BCUT2D eigenvalue weighted by molar-refractivity contribution is 5.78. The van der Waals surface area contributed by atoms with Gasteiger partial charge in [0.05, 0.1) is 18.2 Å². The van der Waals surface area contributed by atoms with E-state index < -0.39 is 35.8 Å². The lowest BCUT2D eigenvalue weighted by atomic mass is 10.00. The lowest BCUT2D eigenvalue weighted by Gasteiger charge is -2.20. The van der Waals surface area contributed by atoms with Gasteiger partial charge >= 0.3 is 6.18 Å². The Labute approximate surface area is 168 Å². The van der Waals surface area contributed by atoms with Crippen molar-refractivity contribution in [1.29, 1.82) is 0 Å². The van der Waals surface area contributed by atoms with Gasteiger partial charge in [-0.05, 0) is 30.9 Å². The maximum atomic E-state index is 14.8. The number of H-pyrrole nitrogens is 1. The van der Waals surface area contributed by atoms with E-state index in [9.17, 15) is 27.5 Å². The van der Waals surface area contributed by atoms with Gasteiger partial charge in [-0.3, -0.25) is 9.78 Å². The summed E-state index contributed by atoms with van der Waals surface area (Å²) in [6.07, 6.45) is -3.21. The Bertz CT molecular complexity index is 1160. The largest absolute Gasteiger partial charge is 0.416 e. The van der Waals surface area contributed by atoms with Gasteiger partial charge in [0.25, 0.3) is 5.56 Å². The Morgan fingerprint density at radius 2 is 2.03 bits per heavy atom. The first-order chi connectivity index (χ1) is 14.1. The second-order valence-electron chi connectivity index (χ2n) is 7.55.